The number of aromatic nitrogens is 1. The van der Waals surface area contributed by atoms with E-state index in [-0.39, 0.29) is 18.1 Å². The minimum Gasteiger partial charge on any atom is -0.473 e. The molecule has 0 saturated heterocycles. The van der Waals surface area contributed by atoms with E-state index in [1.807, 2.05) is 24.3 Å². The maximum absolute atomic E-state index is 11.9. The van der Waals surface area contributed by atoms with Crippen molar-refractivity contribution >= 4 is 21.8 Å². The van der Waals surface area contributed by atoms with Gasteiger partial charge in [-0.2, -0.15) is 0 Å². The lowest BCUT2D eigenvalue weighted by molar-refractivity contribution is 0.0918. The predicted molar refractivity (Wildman–Crippen MR) is 90.0 cm³/mol. The molecular weight excluding hydrogens is 344 g/mol. The summed E-state index contributed by atoms with van der Waals surface area (Å²) in [6.07, 6.45) is 3.14. The lowest BCUT2D eigenvalue weighted by Crippen LogP contribution is -2.27. The summed E-state index contributed by atoms with van der Waals surface area (Å²) >= 11 is 3.28. The molecule has 0 bridgehead atoms. The van der Waals surface area contributed by atoms with Gasteiger partial charge >= 0.3 is 0 Å². The maximum atomic E-state index is 11.9. The molecule has 0 saturated carbocycles. The summed E-state index contributed by atoms with van der Waals surface area (Å²) in [6.45, 7) is 6.60. The fourth-order valence-corrected chi connectivity index (χ4v) is 2.24. The molecule has 0 aliphatic heterocycles. The summed E-state index contributed by atoms with van der Waals surface area (Å²) in [4.78, 5) is 15.9. The van der Waals surface area contributed by atoms with E-state index in [0.29, 0.717) is 5.56 Å². The van der Waals surface area contributed by atoms with Crippen molar-refractivity contribution in [2.24, 2.45) is 0 Å². The second kappa shape index (κ2) is 6.92. The fraction of sp³-hybridized carbons (Fsp3) is 0.294. The van der Waals surface area contributed by atoms with Crippen LogP contribution in [0, 0.1) is 0 Å². The molecule has 0 fully saturated rings. The number of halogens is 1. The molecule has 1 aromatic heterocycles. The van der Waals surface area contributed by atoms with Crippen molar-refractivity contribution in [3.63, 3.8) is 0 Å². The number of ether oxygens (including phenoxy) is 1. The van der Waals surface area contributed by atoms with Gasteiger partial charge in [0, 0.05) is 16.9 Å². The number of amides is 1. The largest absolute Gasteiger partial charge is 0.473 e. The Kier molecular flexibility index (Phi) is 5.19. The molecular formula is C17H19BrN2O2. The highest BCUT2D eigenvalue weighted by Gasteiger charge is 2.13. The first-order valence-electron chi connectivity index (χ1n) is 6.98. The molecule has 5 heteroatoms. The molecule has 0 aliphatic rings. The van der Waals surface area contributed by atoms with Gasteiger partial charge in [-0.25, -0.2) is 0 Å². The van der Waals surface area contributed by atoms with Crippen molar-refractivity contribution in [3.8, 4) is 5.75 Å². The number of nitrogens with zero attached hydrogens (tertiary/aromatic N) is 1. The van der Waals surface area contributed by atoms with E-state index in [9.17, 15) is 4.79 Å². The average Bonchev–Trinajstić information content (AvgIpc) is 2.47. The highest BCUT2D eigenvalue weighted by Crippen LogP contribution is 2.24. The van der Waals surface area contributed by atoms with Gasteiger partial charge in [-0.3, -0.25) is 9.78 Å². The average molecular weight is 363 g/mol. The molecule has 0 atom stereocenters. The Bertz CT molecular complexity index is 648. The Labute approximate surface area is 139 Å². The van der Waals surface area contributed by atoms with Gasteiger partial charge < -0.3 is 10.1 Å². The molecule has 116 valence electrons. The van der Waals surface area contributed by atoms with E-state index < -0.39 is 0 Å². The molecule has 2 rings (SSSR count). The van der Waals surface area contributed by atoms with Gasteiger partial charge in [0.05, 0.1) is 5.56 Å². The van der Waals surface area contributed by atoms with E-state index in [1.54, 1.807) is 12.3 Å². The van der Waals surface area contributed by atoms with Crippen LogP contribution < -0.4 is 10.1 Å². The Morgan fingerprint density at radius 3 is 2.50 bits per heavy atom. The molecule has 0 aliphatic carbocycles. The van der Waals surface area contributed by atoms with Crippen LogP contribution in [0.1, 0.15) is 36.7 Å². The third-order valence-electron chi connectivity index (χ3n) is 3.16. The molecule has 0 unspecified atom stereocenters. The molecule has 22 heavy (non-hydrogen) atoms. The molecule has 0 radical (unpaired) electrons. The number of carbonyl (C=O) groups excluding carboxylic acids is 1. The van der Waals surface area contributed by atoms with Crippen LogP contribution in [0.2, 0.25) is 0 Å². The van der Waals surface area contributed by atoms with Crippen LogP contribution in [0.25, 0.3) is 0 Å². The first-order valence-corrected chi connectivity index (χ1v) is 7.77. The monoisotopic (exact) mass is 362 g/mol. The summed E-state index contributed by atoms with van der Waals surface area (Å²) in [7, 11) is 0. The third kappa shape index (κ3) is 4.56. The van der Waals surface area contributed by atoms with Crippen molar-refractivity contribution in [3.05, 3.63) is 58.3 Å². The number of benzene rings is 1. The first-order chi connectivity index (χ1) is 10.4. The van der Waals surface area contributed by atoms with Gasteiger partial charge in [0.1, 0.15) is 5.75 Å². The molecule has 1 amide bonds. The number of hydrogen-bond donors (Lipinski definition) is 1. The predicted octanol–water partition coefficient (Wildman–Crippen LogP) is 3.91. The van der Waals surface area contributed by atoms with Crippen molar-refractivity contribution in [2.45, 2.75) is 26.2 Å². The lowest BCUT2D eigenvalue weighted by Gasteiger charge is -2.19. The number of nitrogens with one attached hydrogen (secondary N) is 1. The van der Waals surface area contributed by atoms with Gasteiger partial charge in [-0.05, 0) is 45.1 Å². The van der Waals surface area contributed by atoms with E-state index in [0.717, 1.165) is 10.2 Å². The SMILES string of the molecule is CC(C)(C)c1ccc(OCNC(=O)c2cncc(Br)c2)cc1. The Morgan fingerprint density at radius 2 is 1.91 bits per heavy atom. The van der Waals surface area contributed by atoms with Gasteiger partial charge in [-0.15, -0.1) is 0 Å². The quantitative estimate of drug-likeness (QED) is 0.838. The standard InChI is InChI=1S/C17H19BrN2O2/c1-17(2,3)13-4-6-15(7-5-13)22-11-20-16(21)12-8-14(18)10-19-9-12/h4-10H,11H2,1-3H3,(H,20,21). The van der Waals surface area contributed by atoms with Gasteiger partial charge in [0.15, 0.2) is 6.73 Å². The van der Waals surface area contributed by atoms with Crippen LogP contribution >= 0.6 is 15.9 Å². The number of carbonyl (C=O) groups is 1. The zero-order valence-corrected chi connectivity index (χ0v) is 14.5. The number of pyridine rings is 1. The number of rotatable bonds is 4. The van der Waals surface area contributed by atoms with Crippen molar-refractivity contribution < 1.29 is 9.53 Å². The van der Waals surface area contributed by atoms with Crippen LogP contribution in [0.4, 0.5) is 0 Å². The van der Waals surface area contributed by atoms with E-state index in [2.05, 4.69) is 47.0 Å². The second-order valence-corrected chi connectivity index (χ2v) is 6.88. The molecule has 1 heterocycles. The lowest BCUT2D eigenvalue weighted by atomic mass is 9.87. The minimum atomic E-state index is -0.222. The van der Waals surface area contributed by atoms with E-state index in [1.165, 1.54) is 11.8 Å². The summed E-state index contributed by atoms with van der Waals surface area (Å²) in [6, 6.07) is 9.60. The summed E-state index contributed by atoms with van der Waals surface area (Å²) in [5, 5.41) is 2.70. The zero-order valence-electron chi connectivity index (χ0n) is 12.9. The Hall–Kier alpha value is -1.88. The molecule has 1 aromatic carbocycles. The van der Waals surface area contributed by atoms with Crippen molar-refractivity contribution in [2.75, 3.05) is 6.73 Å². The summed E-state index contributed by atoms with van der Waals surface area (Å²) in [5.74, 6) is 0.501. The normalized spacial score (nSPS) is 11.1. The van der Waals surface area contributed by atoms with Crippen LogP contribution in [-0.2, 0) is 5.41 Å². The first kappa shape index (κ1) is 16.5. The highest BCUT2D eigenvalue weighted by atomic mass is 79.9. The summed E-state index contributed by atoms with van der Waals surface area (Å²) < 4.78 is 6.29. The van der Waals surface area contributed by atoms with Gasteiger partial charge in [0.2, 0.25) is 0 Å². The minimum absolute atomic E-state index is 0.111. The smallest absolute Gasteiger partial charge is 0.255 e. The maximum Gasteiger partial charge on any atom is 0.255 e. The topological polar surface area (TPSA) is 51.2 Å². The molecule has 2 aromatic rings. The third-order valence-corrected chi connectivity index (χ3v) is 3.59. The van der Waals surface area contributed by atoms with Gasteiger partial charge in [0.25, 0.3) is 5.91 Å². The Balaban J connectivity index is 1.87. The molecule has 4 nitrogen and oxygen atoms in total. The van der Waals surface area contributed by atoms with E-state index >= 15 is 0 Å². The summed E-state index contributed by atoms with van der Waals surface area (Å²) in [5.41, 5.74) is 1.84. The molecule has 1 N–H and O–H groups in total. The van der Waals surface area contributed by atoms with Crippen LogP contribution in [0.5, 0.6) is 5.75 Å². The molecule has 0 spiro atoms. The van der Waals surface area contributed by atoms with E-state index in [4.69, 9.17) is 4.74 Å². The zero-order chi connectivity index (χ0) is 16.2. The van der Waals surface area contributed by atoms with Crippen LogP contribution in [-0.4, -0.2) is 17.6 Å². The van der Waals surface area contributed by atoms with Gasteiger partial charge in [-0.1, -0.05) is 32.9 Å². The van der Waals surface area contributed by atoms with Crippen LogP contribution in [0.3, 0.4) is 0 Å². The fourth-order valence-electron chi connectivity index (χ4n) is 1.87. The van der Waals surface area contributed by atoms with Crippen LogP contribution in [0.15, 0.2) is 47.2 Å². The highest BCUT2D eigenvalue weighted by molar-refractivity contribution is 9.10. The van der Waals surface area contributed by atoms with Crippen molar-refractivity contribution in [1.29, 1.82) is 0 Å². The number of hydrogen-bond acceptors (Lipinski definition) is 3. The second-order valence-electron chi connectivity index (χ2n) is 5.96. The Morgan fingerprint density at radius 1 is 1.23 bits per heavy atom. The van der Waals surface area contributed by atoms with Crippen molar-refractivity contribution in [1.82, 2.24) is 10.3 Å².